The van der Waals surface area contributed by atoms with E-state index < -0.39 is 11.9 Å². The van der Waals surface area contributed by atoms with E-state index in [1.54, 1.807) is 36.3 Å². The van der Waals surface area contributed by atoms with Gasteiger partial charge >= 0.3 is 6.18 Å². The lowest BCUT2D eigenvalue weighted by Crippen LogP contribution is -2.30. The molecule has 8 nitrogen and oxygen atoms in total. The van der Waals surface area contributed by atoms with Gasteiger partial charge in [-0.3, -0.25) is 14.8 Å². The molecule has 34 heavy (non-hydrogen) atoms. The summed E-state index contributed by atoms with van der Waals surface area (Å²) >= 11 is 6.28. The minimum atomic E-state index is -4.49. The third-order valence-electron chi connectivity index (χ3n) is 4.74. The molecule has 0 saturated heterocycles. The number of halogens is 4. The van der Waals surface area contributed by atoms with Crippen LogP contribution in [0.1, 0.15) is 37.9 Å². The molecule has 0 aromatic carbocycles. The van der Waals surface area contributed by atoms with Crippen molar-refractivity contribution in [2.24, 2.45) is 5.16 Å². The number of alkyl halides is 3. The number of oxime groups is 1. The van der Waals surface area contributed by atoms with Crippen LogP contribution in [0, 0.1) is 0 Å². The minimum absolute atomic E-state index is 0.0410. The van der Waals surface area contributed by atoms with Gasteiger partial charge in [0, 0.05) is 30.9 Å². The minimum Gasteiger partial charge on any atom is -0.391 e. The Bertz CT molecular complexity index is 1130. The highest BCUT2D eigenvalue weighted by Crippen LogP contribution is 2.28. The van der Waals surface area contributed by atoms with Gasteiger partial charge in [0.25, 0.3) is 0 Å². The van der Waals surface area contributed by atoms with Gasteiger partial charge < -0.3 is 9.74 Å². The quantitative estimate of drug-likeness (QED) is 0.306. The molecule has 0 spiro atoms. The van der Waals surface area contributed by atoms with Gasteiger partial charge in [0.2, 0.25) is 5.91 Å². The van der Waals surface area contributed by atoms with Crippen molar-refractivity contribution in [1.29, 1.82) is 0 Å². The number of aromatic nitrogens is 4. The summed E-state index contributed by atoms with van der Waals surface area (Å²) in [7, 11) is 0. The van der Waals surface area contributed by atoms with Crippen molar-refractivity contribution in [2.75, 3.05) is 11.4 Å². The Morgan fingerprint density at radius 2 is 2.03 bits per heavy atom. The van der Waals surface area contributed by atoms with Crippen LogP contribution in [0.4, 0.5) is 18.9 Å². The molecule has 0 aliphatic rings. The Morgan fingerprint density at radius 1 is 1.24 bits per heavy atom. The van der Waals surface area contributed by atoms with E-state index in [4.69, 9.17) is 16.4 Å². The SMILES string of the molecule is CCN(C(=O)CC/C(C)=N/OCc1ccc(C(F)(F)F)nc1)c1cn(-c2cccnc2)nc1Cl. The molecule has 3 aromatic heterocycles. The first-order chi connectivity index (χ1) is 16.2. The Labute approximate surface area is 199 Å². The first kappa shape index (κ1) is 25.2. The second-order valence-corrected chi connectivity index (χ2v) is 7.61. The lowest BCUT2D eigenvalue weighted by atomic mass is 10.2. The maximum Gasteiger partial charge on any atom is 0.433 e. The predicted molar refractivity (Wildman–Crippen MR) is 121 cm³/mol. The van der Waals surface area contributed by atoms with E-state index >= 15 is 0 Å². The molecule has 0 atom stereocenters. The molecule has 0 radical (unpaired) electrons. The number of amides is 1. The first-order valence-corrected chi connectivity index (χ1v) is 10.7. The normalized spacial score (nSPS) is 12.0. The summed E-state index contributed by atoms with van der Waals surface area (Å²) in [5, 5.41) is 8.37. The summed E-state index contributed by atoms with van der Waals surface area (Å²) in [6.07, 6.45) is 2.03. The van der Waals surface area contributed by atoms with E-state index in [9.17, 15) is 18.0 Å². The van der Waals surface area contributed by atoms with Gasteiger partial charge in [0.05, 0.1) is 23.8 Å². The van der Waals surface area contributed by atoms with E-state index in [-0.39, 0.29) is 24.1 Å². The van der Waals surface area contributed by atoms with E-state index in [2.05, 4.69) is 20.2 Å². The van der Waals surface area contributed by atoms with Crippen molar-refractivity contribution < 1.29 is 22.8 Å². The Kier molecular flexibility index (Phi) is 8.21. The third-order valence-corrected chi connectivity index (χ3v) is 5.01. The van der Waals surface area contributed by atoms with Gasteiger partial charge in [-0.2, -0.15) is 18.3 Å². The highest BCUT2D eigenvalue weighted by molar-refractivity contribution is 6.32. The Balaban J connectivity index is 1.54. The first-order valence-electron chi connectivity index (χ1n) is 10.3. The molecule has 1 amide bonds. The van der Waals surface area contributed by atoms with E-state index in [1.165, 1.54) is 11.0 Å². The van der Waals surface area contributed by atoms with Crippen LogP contribution >= 0.6 is 11.6 Å². The number of anilines is 1. The molecule has 0 saturated carbocycles. The van der Waals surface area contributed by atoms with Gasteiger partial charge in [-0.25, -0.2) is 4.68 Å². The number of nitrogens with zero attached hydrogens (tertiary/aromatic N) is 6. The molecule has 12 heteroatoms. The van der Waals surface area contributed by atoms with Crippen LogP contribution in [0.2, 0.25) is 5.15 Å². The summed E-state index contributed by atoms with van der Waals surface area (Å²) in [5.41, 5.74) is 1.22. The summed E-state index contributed by atoms with van der Waals surface area (Å²) < 4.78 is 39.2. The van der Waals surface area contributed by atoms with Crippen molar-refractivity contribution in [3.63, 3.8) is 0 Å². The molecule has 180 valence electrons. The molecule has 0 fully saturated rings. The summed E-state index contributed by atoms with van der Waals surface area (Å²) in [4.78, 5) is 26.9. The van der Waals surface area contributed by atoms with E-state index in [0.29, 0.717) is 35.6 Å². The zero-order valence-electron chi connectivity index (χ0n) is 18.5. The molecule has 0 unspecified atom stereocenters. The van der Waals surface area contributed by atoms with Crippen molar-refractivity contribution in [3.8, 4) is 5.69 Å². The standard InChI is InChI=1S/C22H22ClF3N6O2/c1-3-31(18-13-32(29-21(18)23)17-5-4-10-27-12-17)20(33)9-6-15(2)30-34-14-16-7-8-19(28-11-16)22(24,25)26/h4-5,7-8,10-13H,3,6,9,14H2,1-2H3/b30-15+. The number of hydrogen-bond acceptors (Lipinski definition) is 6. The smallest absolute Gasteiger partial charge is 0.391 e. The largest absolute Gasteiger partial charge is 0.433 e. The lowest BCUT2D eigenvalue weighted by Gasteiger charge is -2.19. The summed E-state index contributed by atoms with van der Waals surface area (Å²) in [6.45, 7) is 3.88. The average Bonchev–Trinajstić information content (AvgIpc) is 3.20. The summed E-state index contributed by atoms with van der Waals surface area (Å²) in [6, 6.07) is 5.75. The van der Waals surface area contributed by atoms with Gasteiger partial charge in [0.1, 0.15) is 18.0 Å². The second kappa shape index (κ2) is 11.1. The fourth-order valence-electron chi connectivity index (χ4n) is 2.99. The van der Waals surface area contributed by atoms with Crippen LogP contribution < -0.4 is 4.90 Å². The maximum absolute atomic E-state index is 12.8. The van der Waals surface area contributed by atoms with Gasteiger partial charge in [-0.05, 0) is 38.5 Å². The molecule has 3 heterocycles. The van der Waals surface area contributed by atoms with Crippen molar-refractivity contribution >= 4 is 28.9 Å². The molecule has 0 N–H and O–H groups in total. The number of rotatable bonds is 9. The van der Waals surface area contributed by atoms with Crippen molar-refractivity contribution in [1.82, 2.24) is 19.7 Å². The Hall–Kier alpha value is -3.47. The van der Waals surface area contributed by atoms with Gasteiger partial charge in [0.15, 0.2) is 5.15 Å². The zero-order valence-corrected chi connectivity index (χ0v) is 19.2. The molecular formula is C22H22ClF3N6O2. The summed E-state index contributed by atoms with van der Waals surface area (Å²) in [5.74, 6) is -0.170. The fraction of sp³-hybridized carbons (Fsp3) is 0.318. The van der Waals surface area contributed by atoms with Crippen molar-refractivity contribution in [2.45, 2.75) is 39.5 Å². The van der Waals surface area contributed by atoms with Gasteiger partial charge in [-0.15, -0.1) is 0 Å². The zero-order chi connectivity index (χ0) is 24.7. The molecular weight excluding hydrogens is 473 g/mol. The van der Waals surface area contributed by atoms with Crippen molar-refractivity contribution in [3.05, 3.63) is 65.5 Å². The number of carbonyl (C=O) groups is 1. The third kappa shape index (κ3) is 6.53. The molecule has 0 aliphatic heterocycles. The van der Waals surface area contributed by atoms with Crippen LogP contribution in [-0.4, -0.2) is 37.9 Å². The van der Waals surface area contributed by atoms with Crippen LogP contribution in [-0.2, 0) is 22.4 Å². The highest BCUT2D eigenvalue weighted by atomic mass is 35.5. The fourth-order valence-corrected chi connectivity index (χ4v) is 3.22. The van der Waals surface area contributed by atoms with E-state index in [0.717, 1.165) is 12.3 Å². The maximum atomic E-state index is 12.8. The topological polar surface area (TPSA) is 85.5 Å². The number of pyridine rings is 2. The Morgan fingerprint density at radius 3 is 2.65 bits per heavy atom. The van der Waals surface area contributed by atoms with Crippen LogP contribution in [0.25, 0.3) is 5.69 Å². The monoisotopic (exact) mass is 494 g/mol. The molecule has 0 aliphatic carbocycles. The van der Waals surface area contributed by atoms with E-state index in [1.807, 2.05) is 13.0 Å². The highest BCUT2D eigenvalue weighted by Gasteiger charge is 2.32. The molecule has 3 aromatic rings. The van der Waals surface area contributed by atoms with Crippen LogP contribution in [0.5, 0.6) is 0 Å². The number of carbonyl (C=O) groups excluding carboxylic acids is 1. The van der Waals surface area contributed by atoms with Crippen LogP contribution in [0.3, 0.4) is 0 Å². The predicted octanol–water partition coefficient (Wildman–Crippen LogP) is 5.06. The van der Waals surface area contributed by atoms with Crippen LogP contribution in [0.15, 0.2) is 54.2 Å². The molecule has 3 rings (SSSR count). The second-order valence-electron chi connectivity index (χ2n) is 7.25. The molecule has 0 bridgehead atoms. The number of hydrogen-bond donors (Lipinski definition) is 0. The average molecular weight is 495 g/mol. The lowest BCUT2D eigenvalue weighted by molar-refractivity contribution is -0.141. The van der Waals surface area contributed by atoms with Gasteiger partial charge in [-0.1, -0.05) is 22.8 Å².